The van der Waals surface area contributed by atoms with Gasteiger partial charge in [-0.3, -0.25) is 14.5 Å². The second-order valence-electron chi connectivity index (χ2n) is 12.3. The molecule has 0 radical (unpaired) electrons. The molecule has 4 aromatic rings. The van der Waals surface area contributed by atoms with E-state index in [0.717, 1.165) is 34.3 Å². The Bertz CT molecular complexity index is 1630. The SMILES string of the molecule is COc1ccc(CN(C)C[C@@H]2Oc3ccc(NC(=O)Cc4cn(C)c5ccccc45)cc3CC(=O)N([C@@H](C)CO)C[C@@H]2C)cc1. The van der Waals surface area contributed by atoms with Gasteiger partial charge in [0.25, 0.3) is 0 Å². The van der Waals surface area contributed by atoms with Gasteiger partial charge in [0.05, 0.1) is 32.6 Å². The van der Waals surface area contributed by atoms with Gasteiger partial charge in [-0.1, -0.05) is 37.3 Å². The van der Waals surface area contributed by atoms with Crippen molar-refractivity contribution in [2.75, 3.05) is 39.2 Å². The first kappa shape index (κ1) is 32.1. The second-order valence-corrected chi connectivity index (χ2v) is 12.3. The smallest absolute Gasteiger partial charge is 0.228 e. The Morgan fingerprint density at radius 3 is 2.64 bits per heavy atom. The normalized spacial score (nSPS) is 17.7. The third kappa shape index (κ3) is 7.67. The predicted molar refractivity (Wildman–Crippen MR) is 177 cm³/mol. The molecule has 0 saturated heterocycles. The molecule has 238 valence electrons. The minimum atomic E-state index is -0.331. The maximum Gasteiger partial charge on any atom is 0.228 e. The number of anilines is 1. The molecular formula is C36H44N4O5. The molecule has 9 heteroatoms. The highest BCUT2D eigenvalue weighted by molar-refractivity contribution is 5.96. The van der Waals surface area contributed by atoms with Crippen LogP contribution < -0.4 is 14.8 Å². The van der Waals surface area contributed by atoms with Crippen LogP contribution in [0.25, 0.3) is 10.9 Å². The number of aromatic nitrogens is 1. The summed E-state index contributed by atoms with van der Waals surface area (Å²) in [6.07, 6.45) is 2.10. The van der Waals surface area contributed by atoms with Crippen LogP contribution in [0.1, 0.15) is 30.5 Å². The summed E-state index contributed by atoms with van der Waals surface area (Å²) in [5, 5.41) is 14.1. The monoisotopic (exact) mass is 612 g/mol. The zero-order valence-electron chi connectivity index (χ0n) is 26.8. The number of nitrogens with zero attached hydrogens (tertiary/aromatic N) is 3. The number of rotatable bonds is 10. The number of para-hydroxylation sites is 1. The molecule has 0 fully saturated rings. The van der Waals surface area contributed by atoms with E-state index < -0.39 is 0 Å². The van der Waals surface area contributed by atoms with Gasteiger partial charge in [0.1, 0.15) is 17.6 Å². The molecule has 0 aliphatic carbocycles. The number of methoxy groups -OCH3 is 1. The van der Waals surface area contributed by atoms with E-state index in [1.165, 1.54) is 0 Å². The van der Waals surface area contributed by atoms with E-state index in [2.05, 4.69) is 36.3 Å². The number of nitrogens with one attached hydrogen (secondary N) is 1. The van der Waals surface area contributed by atoms with Gasteiger partial charge in [0.2, 0.25) is 11.8 Å². The number of amides is 2. The van der Waals surface area contributed by atoms with Crippen molar-refractivity contribution < 1.29 is 24.2 Å². The van der Waals surface area contributed by atoms with Gasteiger partial charge >= 0.3 is 0 Å². The summed E-state index contributed by atoms with van der Waals surface area (Å²) >= 11 is 0. The first-order valence-electron chi connectivity index (χ1n) is 15.5. The Morgan fingerprint density at radius 2 is 1.91 bits per heavy atom. The van der Waals surface area contributed by atoms with E-state index in [9.17, 15) is 14.7 Å². The molecule has 1 aliphatic heterocycles. The van der Waals surface area contributed by atoms with Crippen molar-refractivity contribution in [3.05, 3.63) is 89.6 Å². The third-order valence-electron chi connectivity index (χ3n) is 8.63. The molecule has 0 unspecified atom stereocenters. The van der Waals surface area contributed by atoms with Gasteiger partial charge in [-0.05, 0) is 61.5 Å². The Labute approximate surface area is 265 Å². The molecule has 45 heavy (non-hydrogen) atoms. The fourth-order valence-corrected chi connectivity index (χ4v) is 6.08. The number of likely N-dealkylation sites (N-methyl/N-ethyl adjacent to an activating group) is 1. The van der Waals surface area contributed by atoms with Crippen LogP contribution >= 0.6 is 0 Å². The fraction of sp³-hybridized carbons (Fsp3) is 0.389. The van der Waals surface area contributed by atoms with Crippen molar-refractivity contribution in [1.29, 1.82) is 0 Å². The van der Waals surface area contributed by atoms with Crippen LogP contribution in [0, 0.1) is 5.92 Å². The number of hydrogen-bond acceptors (Lipinski definition) is 6. The molecule has 0 bridgehead atoms. The van der Waals surface area contributed by atoms with Crippen LogP contribution in [-0.2, 0) is 36.0 Å². The molecule has 2 amide bonds. The number of benzene rings is 3. The molecule has 5 rings (SSSR count). The summed E-state index contributed by atoms with van der Waals surface area (Å²) in [6, 6.07) is 21.2. The van der Waals surface area contributed by atoms with Gasteiger partial charge in [-0.15, -0.1) is 0 Å². The molecule has 3 atom stereocenters. The summed E-state index contributed by atoms with van der Waals surface area (Å²) in [5.41, 5.74) is 4.50. The van der Waals surface area contributed by atoms with Crippen molar-refractivity contribution in [2.45, 2.75) is 45.4 Å². The highest BCUT2D eigenvalue weighted by Gasteiger charge is 2.31. The van der Waals surface area contributed by atoms with Crippen molar-refractivity contribution in [3.63, 3.8) is 0 Å². The van der Waals surface area contributed by atoms with Crippen molar-refractivity contribution in [3.8, 4) is 11.5 Å². The van der Waals surface area contributed by atoms with Gasteiger partial charge in [-0.2, -0.15) is 0 Å². The molecular weight excluding hydrogens is 568 g/mol. The summed E-state index contributed by atoms with van der Waals surface area (Å²) in [4.78, 5) is 30.7. The zero-order valence-corrected chi connectivity index (χ0v) is 26.8. The maximum absolute atomic E-state index is 13.6. The lowest BCUT2D eigenvalue weighted by molar-refractivity contribution is -0.134. The first-order chi connectivity index (χ1) is 21.6. The van der Waals surface area contributed by atoms with E-state index in [1.807, 2.05) is 79.3 Å². The predicted octanol–water partition coefficient (Wildman–Crippen LogP) is 4.65. The summed E-state index contributed by atoms with van der Waals surface area (Å²) in [7, 11) is 5.69. The standard InChI is InChI=1S/C36H44N4O5/c1-24-19-40(25(2)23-41)36(43)18-27-16-29(37-35(42)17-28-21-39(4)32-9-7-6-8-31(28)32)12-15-33(27)45-34(24)22-38(3)20-26-10-13-30(44-5)14-11-26/h6-16,21,24-25,34,41H,17-20,22-23H2,1-5H3,(H,37,42)/t24-,25-,34-/m0/s1. The molecule has 0 spiro atoms. The molecule has 9 nitrogen and oxygen atoms in total. The number of carbonyl (C=O) groups is 2. The Morgan fingerprint density at radius 1 is 1.16 bits per heavy atom. The molecule has 1 aromatic heterocycles. The first-order valence-corrected chi connectivity index (χ1v) is 15.5. The maximum atomic E-state index is 13.6. The number of carbonyl (C=O) groups excluding carboxylic acids is 2. The van der Waals surface area contributed by atoms with Crippen molar-refractivity contribution in [2.24, 2.45) is 13.0 Å². The lowest BCUT2D eigenvalue weighted by atomic mass is 10.0. The zero-order chi connectivity index (χ0) is 32.1. The molecule has 0 saturated carbocycles. The van der Waals surface area contributed by atoms with Gasteiger partial charge in [0.15, 0.2) is 0 Å². The highest BCUT2D eigenvalue weighted by Crippen LogP contribution is 2.30. The Kier molecular flexibility index (Phi) is 10.1. The number of aliphatic hydroxyl groups excluding tert-OH is 1. The summed E-state index contributed by atoms with van der Waals surface area (Å²) in [6.45, 7) is 5.64. The minimum Gasteiger partial charge on any atom is -0.497 e. The highest BCUT2D eigenvalue weighted by atomic mass is 16.5. The van der Waals surface area contributed by atoms with E-state index in [4.69, 9.17) is 9.47 Å². The summed E-state index contributed by atoms with van der Waals surface area (Å²) < 4.78 is 14.0. The molecule has 2 N–H and O–H groups in total. The number of hydrogen-bond donors (Lipinski definition) is 2. The number of fused-ring (bicyclic) bond motifs is 2. The second kappa shape index (κ2) is 14.2. The number of ether oxygens (including phenoxy) is 2. The van der Waals surface area contributed by atoms with Gasteiger partial charge < -0.3 is 29.4 Å². The number of aliphatic hydroxyl groups is 1. The van der Waals surface area contributed by atoms with E-state index in [0.29, 0.717) is 30.1 Å². The fourth-order valence-electron chi connectivity index (χ4n) is 6.08. The van der Waals surface area contributed by atoms with Crippen molar-refractivity contribution >= 4 is 28.4 Å². The Hall–Kier alpha value is -4.34. The van der Waals surface area contributed by atoms with Crippen LogP contribution in [0.2, 0.25) is 0 Å². The molecule has 1 aliphatic rings. The van der Waals surface area contributed by atoms with Crippen LogP contribution in [0.4, 0.5) is 5.69 Å². The van der Waals surface area contributed by atoms with Crippen LogP contribution in [0.3, 0.4) is 0 Å². The van der Waals surface area contributed by atoms with Crippen LogP contribution in [0.5, 0.6) is 11.5 Å². The summed E-state index contributed by atoms with van der Waals surface area (Å²) in [5.74, 6) is 1.22. The topological polar surface area (TPSA) is 96.3 Å². The van der Waals surface area contributed by atoms with E-state index >= 15 is 0 Å². The molecule has 3 aromatic carbocycles. The Balaban J connectivity index is 1.36. The quantitative estimate of drug-likeness (QED) is 0.271. The largest absolute Gasteiger partial charge is 0.497 e. The lowest BCUT2D eigenvalue weighted by Crippen LogP contribution is -2.47. The average molecular weight is 613 g/mol. The van der Waals surface area contributed by atoms with Gasteiger partial charge in [0, 0.05) is 61.0 Å². The number of aryl methyl sites for hydroxylation is 1. The van der Waals surface area contributed by atoms with Crippen LogP contribution in [0.15, 0.2) is 72.9 Å². The average Bonchev–Trinajstić information content (AvgIpc) is 3.36. The third-order valence-corrected chi connectivity index (χ3v) is 8.63. The lowest BCUT2D eigenvalue weighted by Gasteiger charge is -2.34. The van der Waals surface area contributed by atoms with E-state index in [-0.39, 0.29) is 49.3 Å². The van der Waals surface area contributed by atoms with Gasteiger partial charge in [-0.25, -0.2) is 0 Å². The van der Waals surface area contributed by atoms with Crippen molar-refractivity contribution in [1.82, 2.24) is 14.4 Å². The van der Waals surface area contributed by atoms with E-state index in [1.54, 1.807) is 12.0 Å². The molecule has 2 heterocycles. The minimum absolute atomic E-state index is 0.00714. The van der Waals surface area contributed by atoms with Crippen LogP contribution in [-0.4, -0.2) is 77.3 Å².